The van der Waals surface area contributed by atoms with Gasteiger partial charge in [0.15, 0.2) is 5.03 Å². The van der Waals surface area contributed by atoms with Crippen LogP contribution in [0.15, 0.2) is 47.6 Å². The number of sulfonamides is 1. The Balaban J connectivity index is 2.10. The molecule has 0 aliphatic heterocycles. The fourth-order valence-corrected chi connectivity index (χ4v) is 2.90. The molecule has 0 radical (unpaired) electrons. The molecule has 0 aliphatic carbocycles. The van der Waals surface area contributed by atoms with Crippen molar-refractivity contribution < 1.29 is 8.42 Å². The summed E-state index contributed by atoms with van der Waals surface area (Å²) in [5.41, 5.74) is 1.89. The highest BCUT2D eigenvalue weighted by Gasteiger charge is 2.17. The minimum Gasteiger partial charge on any atom is -0.276 e. The fraction of sp³-hybridized carbons (Fsp3) is 0.0769. The Morgan fingerprint density at radius 1 is 1.15 bits per heavy atom. The average Bonchev–Trinajstić information content (AvgIpc) is 2.94. The molecule has 3 aromatic rings. The van der Waals surface area contributed by atoms with Crippen LogP contribution in [-0.2, 0) is 10.0 Å². The lowest BCUT2D eigenvalue weighted by Gasteiger charge is -2.09. The van der Waals surface area contributed by atoms with Gasteiger partial charge in [-0.3, -0.25) is 14.8 Å². The van der Waals surface area contributed by atoms with Crippen molar-refractivity contribution in [1.82, 2.24) is 15.2 Å². The molecule has 0 saturated heterocycles. The van der Waals surface area contributed by atoms with Crippen LogP contribution in [0.4, 0.5) is 5.69 Å². The molecule has 0 amide bonds. The van der Waals surface area contributed by atoms with E-state index in [4.69, 9.17) is 0 Å². The van der Waals surface area contributed by atoms with Crippen LogP contribution in [0.1, 0.15) is 5.69 Å². The minimum atomic E-state index is -3.68. The number of rotatable bonds is 3. The summed E-state index contributed by atoms with van der Waals surface area (Å²) in [5, 5.41) is 6.97. The fourth-order valence-electron chi connectivity index (χ4n) is 1.92. The zero-order valence-electron chi connectivity index (χ0n) is 10.7. The van der Waals surface area contributed by atoms with Gasteiger partial charge in [-0.25, -0.2) is 0 Å². The van der Waals surface area contributed by atoms with E-state index in [9.17, 15) is 8.42 Å². The number of hydrogen-bond donors (Lipinski definition) is 2. The maximum absolute atomic E-state index is 12.2. The average molecular weight is 288 g/mol. The first-order chi connectivity index (χ1) is 9.56. The summed E-state index contributed by atoms with van der Waals surface area (Å²) in [7, 11) is -3.68. The first-order valence-electron chi connectivity index (χ1n) is 5.95. The molecule has 0 atom stereocenters. The molecule has 102 valence electrons. The number of fused-ring (bicyclic) bond motifs is 1. The van der Waals surface area contributed by atoms with Crippen LogP contribution in [0.2, 0.25) is 0 Å². The number of nitrogens with zero attached hydrogens (tertiary/aromatic N) is 2. The molecule has 6 nitrogen and oxygen atoms in total. The molecule has 0 saturated carbocycles. The smallest absolute Gasteiger partial charge is 0.276 e. The highest BCUT2D eigenvalue weighted by Crippen LogP contribution is 2.23. The van der Waals surface area contributed by atoms with Crippen molar-refractivity contribution in [3.05, 3.63) is 48.3 Å². The molecule has 0 aliphatic rings. The predicted molar refractivity (Wildman–Crippen MR) is 75.9 cm³/mol. The minimum absolute atomic E-state index is 0.0159. The number of hydrogen-bond acceptors (Lipinski definition) is 4. The number of pyridine rings is 1. The Labute approximate surface area is 115 Å². The molecular weight excluding hydrogens is 276 g/mol. The molecular formula is C13H12N4O2S. The Morgan fingerprint density at radius 2 is 2.00 bits per heavy atom. The highest BCUT2D eigenvalue weighted by molar-refractivity contribution is 7.92. The Bertz CT molecular complexity index is 857. The number of H-pyrrole nitrogens is 1. The lowest BCUT2D eigenvalue weighted by atomic mass is 10.2. The van der Waals surface area contributed by atoms with Gasteiger partial charge in [0, 0.05) is 11.1 Å². The van der Waals surface area contributed by atoms with E-state index in [-0.39, 0.29) is 5.03 Å². The molecule has 2 aromatic heterocycles. The number of anilines is 1. The number of aromatic amines is 1. The zero-order chi connectivity index (χ0) is 14.2. The van der Waals surface area contributed by atoms with Crippen LogP contribution >= 0.6 is 0 Å². The topological polar surface area (TPSA) is 87.7 Å². The Hall–Kier alpha value is -2.41. The summed E-state index contributed by atoms with van der Waals surface area (Å²) >= 11 is 0. The van der Waals surface area contributed by atoms with Crippen molar-refractivity contribution in [1.29, 1.82) is 0 Å². The van der Waals surface area contributed by atoms with E-state index in [0.717, 1.165) is 11.1 Å². The van der Waals surface area contributed by atoms with Crippen LogP contribution in [0, 0.1) is 6.92 Å². The molecule has 0 unspecified atom stereocenters. The molecule has 0 bridgehead atoms. The quantitative estimate of drug-likeness (QED) is 0.772. The van der Waals surface area contributed by atoms with E-state index >= 15 is 0 Å². The molecule has 0 spiro atoms. The Morgan fingerprint density at radius 3 is 2.75 bits per heavy atom. The number of para-hydroxylation sites is 1. The first-order valence-corrected chi connectivity index (χ1v) is 7.43. The van der Waals surface area contributed by atoms with Crippen molar-refractivity contribution in [3.8, 4) is 0 Å². The third kappa shape index (κ3) is 2.23. The van der Waals surface area contributed by atoms with Crippen LogP contribution in [0.25, 0.3) is 10.9 Å². The van der Waals surface area contributed by atoms with Gasteiger partial charge < -0.3 is 0 Å². The largest absolute Gasteiger partial charge is 0.278 e. The van der Waals surface area contributed by atoms with Crippen LogP contribution in [-0.4, -0.2) is 23.6 Å². The van der Waals surface area contributed by atoms with Crippen LogP contribution in [0.3, 0.4) is 0 Å². The second kappa shape index (κ2) is 4.61. The van der Waals surface area contributed by atoms with Crippen LogP contribution < -0.4 is 4.72 Å². The summed E-state index contributed by atoms with van der Waals surface area (Å²) in [5.74, 6) is 0. The van der Waals surface area contributed by atoms with Crippen molar-refractivity contribution in [2.45, 2.75) is 11.9 Å². The monoisotopic (exact) mass is 288 g/mol. The molecule has 0 fully saturated rings. The van der Waals surface area contributed by atoms with Crippen LogP contribution in [0.5, 0.6) is 0 Å². The molecule has 2 N–H and O–H groups in total. The lowest BCUT2D eigenvalue weighted by molar-refractivity contribution is 0.597. The van der Waals surface area contributed by atoms with Crippen molar-refractivity contribution >= 4 is 26.6 Å². The molecule has 20 heavy (non-hydrogen) atoms. The van der Waals surface area contributed by atoms with Gasteiger partial charge in [-0.2, -0.15) is 13.5 Å². The number of aromatic nitrogens is 3. The Kier molecular flexibility index (Phi) is 2.90. The molecule has 3 rings (SSSR count). The second-order valence-electron chi connectivity index (χ2n) is 4.36. The van der Waals surface area contributed by atoms with Gasteiger partial charge in [0.25, 0.3) is 10.0 Å². The third-order valence-electron chi connectivity index (χ3n) is 2.87. The van der Waals surface area contributed by atoms with Gasteiger partial charge in [0.2, 0.25) is 0 Å². The lowest BCUT2D eigenvalue weighted by Crippen LogP contribution is -2.14. The van der Waals surface area contributed by atoms with Gasteiger partial charge in [-0.1, -0.05) is 18.2 Å². The molecule has 1 aromatic carbocycles. The van der Waals surface area contributed by atoms with Crippen molar-refractivity contribution in [2.24, 2.45) is 0 Å². The van der Waals surface area contributed by atoms with E-state index in [1.165, 1.54) is 12.3 Å². The number of nitrogens with one attached hydrogen (secondary N) is 2. The standard InChI is InChI=1S/C13H12N4O2S/c1-9-5-6-10-3-2-4-11(13(10)15-9)17-20(18,19)12-7-8-14-16-12/h2-8,17H,1H3,(H,14,16). The zero-order valence-corrected chi connectivity index (χ0v) is 11.5. The van der Waals surface area contributed by atoms with Gasteiger partial charge in [-0.05, 0) is 25.1 Å². The second-order valence-corrected chi connectivity index (χ2v) is 6.01. The van der Waals surface area contributed by atoms with E-state index in [2.05, 4.69) is 19.9 Å². The maximum atomic E-state index is 12.2. The first kappa shape index (κ1) is 12.6. The van der Waals surface area contributed by atoms with Crippen molar-refractivity contribution in [2.75, 3.05) is 4.72 Å². The normalized spacial score (nSPS) is 11.7. The summed E-state index contributed by atoms with van der Waals surface area (Å²) < 4.78 is 26.9. The van der Waals surface area contributed by atoms with E-state index in [1.807, 2.05) is 25.1 Å². The predicted octanol–water partition coefficient (Wildman–Crippen LogP) is 2.07. The maximum Gasteiger partial charge on any atom is 0.278 e. The van der Waals surface area contributed by atoms with E-state index in [0.29, 0.717) is 11.2 Å². The van der Waals surface area contributed by atoms with Gasteiger partial charge in [-0.15, -0.1) is 0 Å². The molecule has 7 heteroatoms. The number of benzene rings is 1. The molecule has 2 heterocycles. The van der Waals surface area contributed by atoms with Gasteiger partial charge in [0.05, 0.1) is 17.4 Å². The van der Waals surface area contributed by atoms with Crippen molar-refractivity contribution in [3.63, 3.8) is 0 Å². The van der Waals surface area contributed by atoms with Gasteiger partial charge >= 0.3 is 0 Å². The van der Waals surface area contributed by atoms with E-state index < -0.39 is 10.0 Å². The van der Waals surface area contributed by atoms with E-state index in [1.54, 1.807) is 12.1 Å². The highest BCUT2D eigenvalue weighted by atomic mass is 32.2. The summed E-state index contributed by atoms with van der Waals surface area (Å²) in [6.07, 6.45) is 1.39. The number of aryl methyl sites for hydroxylation is 1. The SMILES string of the molecule is Cc1ccc2cccc(NS(=O)(=O)c3ccn[nH]3)c2n1. The van der Waals surface area contributed by atoms with Gasteiger partial charge in [0.1, 0.15) is 0 Å². The summed E-state index contributed by atoms with van der Waals surface area (Å²) in [4.78, 5) is 4.39. The summed E-state index contributed by atoms with van der Waals surface area (Å²) in [6, 6.07) is 10.5. The summed E-state index contributed by atoms with van der Waals surface area (Å²) in [6.45, 7) is 1.86. The third-order valence-corrected chi connectivity index (χ3v) is 4.16.